The number of rotatable bonds is 2. The molecule has 2 N–H and O–H groups in total. The number of hydrogen-bond acceptors (Lipinski definition) is 4. The second kappa shape index (κ2) is 4.58. The zero-order valence-electron chi connectivity index (χ0n) is 8.48. The van der Waals surface area contributed by atoms with Crippen LogP contribution in [-0.4, -0.2) is 10.2 Å². The number of halogens is 5. The van der Waals surface area contributed by atoms with E-state index in [0.717, 1.165) is 0 Å². The standard InChI is InChI=1S/C9H4F5N3S/c10-4-3(9-17-16-2(1-15)18-9)5(11)7(13)8(14)6(4)12/h1,15H2. The summed E-state index contributed by atoms with van der Waals surface area (Å²) in [6.07, 6.45) is 0. The Morgan fingerprint density at radius 2 is 1.33 bits per heavy atom. The van der Waals surface area contributed by atoms with Crippen LogP contribution in [0.5, 0.6) is 0 Å². The van der Waals surface area contributed by atoms with Crippen LogP contribution in [0, 0.1) is 29.1 Å². The van der Waals surface area contributed by atoms with E-state index in [4.69, 9.17) is 5.73 Å². The maximum Gasteiger partial charge on any atom is 0.200 e. The molecule has 0 aliphatic rings. The molecule has 0 aliphatic carbocycles. The summed E-state index contributed by atoms with van der Waals surface area (Å²) in [4.78, 5) is 0. The zero-order valence-corrected chi connectivity index (χ0v) is 9.29. The number of aromatic nitrogens is 2. The van der Waals surface area contributed by atoms with E-state index in [1.165, 1.54) is 0 Å². The molecule has 0 fully saturated rings. The van der Waals surface area contributed by atoms with Gasteiger partial charge in [0.05, 0.1) is 5.56 Å². The van der Waals surface area contributed by atoms with Crippen molar-refractivity contribution in [1.29, 1.82) is 0 Å². The largest absolute Gasteiger partial charge is 0.324 e. The maximum atomic E-state index is 13.4. The minimum absolute atomic E-state index is 0.0485. The third-order valence-corrected chi connectivity index (χ3v) is 3.03. The first-order valence-corrected chi connectivity index (χ1v) is 5.33. The molecule has 0 radical (unpaired) electrons. The van der Waals surface area contributed by atoms with Crippen molar-refractivity contribution in [3.05, 3.63) is 34.1 Å². The molecule has 0 spiro atoms. The average Bonchev–Trinajstić information content (AvgIpc) is 2.83. The number of hydrogen-bond donors (Lipinski definition) is 1. The topological polar surface area (TPSA) is 51.8 Å². The molecule has 0 unspecified atom stereocenters. The highest BCUT2D eigenvalue weighted by atomic mass is 32.1. The van der Waals surface area contributed by atoms with Gasteiger partial charge in [0.2, 0.25) is 5.82 Å². The molecule has 3 nitrogen and oxygen atoms in total. The Morgan fingerprint density at radius 3 is 1.78 bits per heavy atom. The molecule has 0 saturated heterocycles. The fraction of sp³-hybridized carbons (Fsp3) is 0.111. The SMILES string of the molecule is NCc1nnc(-c2c(F)c(F)c(F)c(F)c2F)s1. The van der Waals surface area contributed by atoms with Crippen molar-refractivity contribution in [2.75, 3.05) is 0 Å². The molecule has 9 heteroatoms. The molecule has 96 valence electrons. The van der Waals surface area contributed by atoms with Crippen LogP contribution in [0.1, 0.15) is 5.01 Å². The Balaban J connectivity index is 2.71. The van der Waals surface area contributed by atoms with Gasteiger partial charge in [-0.1, -0.05) is 11.3 Å². The van der Waals surface area contributed by atoms with Gasteiger partial charge >= 0.3 is 0 Å². The van der Waals surface area contributed by atoms with Gasteiger partial charge in [0.25, 0.3) is 0 Å². The lowest BCUT2D eigenvalue weighted by Gasteiger charge is -2.04. The zero-order chi connectivity index (χ0) is 13.4. The highest BCUT2D eigenvalue weighted by Gasteiger charge is 2.28. The molecule has 0 bridgehead atoms. The van der Waals surface area contributed by atoms with Gasteiger partial charge in [0, 0.05) is 6.54 Å². The molecule has 2 aromatic rings. The Morgan fingerprint density at radius 1 is 0.833 bits per heavy atom. The van der Waals surface area contributed by atoms with Gasteiger partial charge in [-0.05, 0) is 0 Å². The monoisotopic (exact) mass is 281 g/mol. The first-order chi connectivity index (χ1) is 8.47. The molecule has 0 amide bonds. The molecule has 1 aromatic carbocycles. The second-order valence-electron chi connectivity index (χ2n) is 3.15. The van der Waals surface area contributed by atoms with Crippen LogP contribution >= 0.6 is 11.3 Å². The van der Waals surface area contributed by atoms with Gasteiger partial charge in [0.15, 0.2) is 28.3 Å². The van der Waals surface area contributed by atoms with Crippen molar-refractivity contribution < 1.29 is 22.0 Å². The summed E-state index contributed by atoms with van der Waals surface area (Å²) < 4.78 is 65.5. The van der Waals surface area contributed by atoms with Gasteiger partial charge in [-0.3, -0.25) is 0 Å². The molecule has 2 rings (SSSR count). The molecular formula is C9H4F5N3S. The van der Waals surface area contributed by atoms with E-state index in [1.807, 2.05) is 0 Å². The van der Waals surface area contributed by atoms with Gasteiger partial charge in [-0.2, -0.15) is 0 Å². The van der Waals surface area contributed by atoms with Crippen molar-refractivity contribution in [1.82, 2.24) is 10.2 Å². The minimum Gasteiger partial charge on any atom is -0.324 e. The van der Waals surface area contributed by atoms with Crippen molar-refractivity contribution in [2.24, 2.45) is 5.73 Å². The Labute approximate surface area is 101 Å². The third kappa shape index (κ3) is 1.85. The third-order valence-electron chi connectivity index (χ3n) is 2.07. The first-order valence-electron chi connectivity index (χ1n) is 4.51. The summed E-state index contributed by atoms with van der Waals surface area (Å²) in [5, 5.41) is 6.59. The Kier molecular flexibility index (Phi) is 3.26. The summed E-state index contributed by atoms with van der Waals surface area (Å²) in [6, 6.07) is 0. The fourth-order valence-corrected chi connectivity index (χ4v) is 1.98. The predicted molar refractivity (Wildman–Crippen MR) is 53.0 cm³/mol. The van der Waals surface area contributed by atoms with Crippen LogP contribution in [0.3, 0.4) is 0 Å². The quantitative estimate of drug-likeness (QED) is 0.522. The van der Waals surface area contributed by atoms with Crippen LogP contribution in [-0.2, 0) is 6.54 Å². The maximum absolute atomic E-state index is 13.4. The average molecular weight is 281 g/mol. The normalized spacial score (nSPS) is 11.0. The smallest absolute Gasteiger partial charge is 0.200 e. The van der Waals surface area contributed by atoms with E-state index >= 15 is 0 Å². The molecule has 0 aliphatic heterocycles. The lowest BCUT2D eigenvalue weighted by atomic mass is 10.2. The fourth-order valence-electron chi connectivity index (χ4n) is 1.23. The number of nitrogens with two attached hydrogens (primary N) is 1. The van der Waals surface area contributed by atoms with Gasteiger partial charge in [-0.15, -0.1) is 10.2 Å². The molecule has 1 heterocycles. The Bertz CT molecular complexity index is 583. The van der Waals surface area contributed by atoms with E-state index < -0.39 is 39.7 Å². The molecular weight excluding hydrogens is 277 g/mol. The Hall–Kier alpha value is -1.61. The van der Waals surface area contributed by atoms with Crippen molar-refractivity contribution in [3.8, 4) is 10.6 Å². The van der Waals surface area contributed by atoms with Crippen LogP contribution < -0.4 is 5.73 Å². The summed E-state index contributed by atoms with van der Waals surface area (Å²) in [7, 11) is 0. The number of nitrogens with zero attached hydrogens (tertiary/aromatic N) is 2. The summed E-state index contributed by atoms with van der Waals surface area (Å²) >= 11 is 0.655. The van der Waals surface area contributed by atoms with Crippen LogP contribution in [0.2, 0.25) is 0 Å². The number of benzene rings is 1. The van der Waals surface area contributed by atoms with Gasteiger partial charge in [-0.25, -0.2) is 22.0 Å². The molecule has 0 saturated carbocycles. The van der Waals surface area contributed by atoms with Crippen LogP contribution in [0.4, 0.5) is 22.0 Å². The summed E-state index contributed by atoms with van der Waals surface area (Å²) in [6.45, 7) is -0.0485. The lowest BCUT2D eigenvalue weighted by Crippen LogP contribution is -2.03. The van der Waals surface area contributed by atoms with Crippen LogP contribution in [0.25, 0.3) is 10.6 Å². The molecule has 0 atom stereocenters. The molecule has 18 heavy (non-hydrogen) atoms. The van der Waals surface area contributed by atoms with E-state index in [2.05, 4.69) is 10.2 Å². The highest BCUT2D eigenvalue weighted by Crippen LogP contribution is 2.32. The van der Waals surface area contributed by atoms with Crippen molar-refractivity contribution in [3.63, 3.8) is 0 Å². The van der Waals surface area contributed by atoms with Crippen molar-refractivity contribution >= 4 is 11.3 Å². The minimum atomic E-state index is -2.21. The lowest BCUT2D eigenvalue weighted by molar-refractivity contribution is 0.381. The van der Waals surface area contributed by atoms with E-state index in [-0.39, 0.29) is 11.6 Å². The van der Waals surface area contributed by atoms with E-state index in [9.17, 15) is 22.0 Å². The predicted octanol–water partition coefficient (Wildman–Crippen LogP) is 2.36. The van der Waals surface area contributed by atoms with Crippen molar-refractivity contribution in [2.45, 2.75) is 6.54 Å². The van der Waals surface area contributed by atoms with Crippen LogP contribution in [0.15, 0.2) is 0 Å². The first kappa shape index (κ1) is 12.8. The molecule has 1 aromatic heterocycles. The van der Waals surface area contributed by atoms with Gasteiger partial charge in [0.1, 0.15) is 5.01 Å². The van der Waals surface area contributed by atoms with E-state index in [0.29, 0.717) is 11.3 Å². The second-order valence-corrected chi connectivity index (χ2v) is 4.21. The summed E-state index contributed by atoms with van der Waals surface area (Å²) in [5.41, 5.74) is 4.12. The van der Waals surface area contributed by atoms with Gasteiger partial charge < -0.3 is 5.73 Å². The summed E-state index contributed by atoms with van der Waals surface area (Å²) in [5.74, 6) is -10.1. The van der Waals surface area contributed by atoms with E-state index in [1.54, 1.807) is 0 Å². The highest BCUT2D eigenvalue weighted by molar-refractivity contribution is 7.14.